The highest BCUT2D eigenvalue weighted by Crippen LogP contribution is 2.25. The van der Waals surface area contributed by atoms with Gasteiger partial charge in [0.1, 0.15) is 0 Å². The number of aryl methyl sites for hydroxylation is 2. The van der Waals surface area contributed by atoms with E-state index >= 15 is 0 Å². The third kappa shape index (κ3) is 3.50. The van der Waals surface area contributed by atoms with Gasteiger partial charge in [0.2, 0.25) is 5.91 Å². The number of hydrogen-bond acceptors (Lipinski definition) is 2. The maximum absolute atomic E-state index is 12.0. The van der Waals surface area contributed by atoms with E-state index in [0.29, 0.717) is 6.42 Å². The minimum atomic E-state index is -0.0532. The normalized spacial score (nSPS) is 10.5. The average molecular weight is 283 g/mol. The third-order valence-electron chi connectivity index (χ3n) is 3.77. The van der Waals surface area contributed by atoms with Crippen LogP contribution in [-0.4, -0.2) is 25.1 Å². The fraction of sp³-hybridized carbons (Fsp3) is 0.278. The zero-order valence-corrected chi connectivity index (χ0v) is 13.0. The molecule has 0 aromatic heterocycles. The number of benzene rings is 2. The van der Waals surface area contributed by atoms with Gasteiger partial charge in [0.25, 0.3) is 0 Å². The smallest absolute Gasteiger partial charge is 0.250 e. The molecule has 0 heterocycles. The van der Waals surface area contributed by atoms with E-state index in [9.17, 15) is 4.79 Å². The van der Waals surface area contributed by atoms with Crippen molar-refractivity contribution in [1.29, 1.82) is 0 Å². The highest BCUT2D eigenvalue weighted by atomic mass is 16.7. The molecule has 0 saturated heterocycles. The monoisotopic (exact) mass is 283 g/mol. The Morgan fingerprint density at radius 1 is 1.10 bits per heavy atom. The molecule has 0 aliphatic carbocycles. The van der Waals surface area contributed by atoms with Crippen LogP contribution in [0.25, 0.3) is 11.1 Å². The van der Waals surface area contributed by atoms with Crippen LogP contribution in [0.4, 0.5) is 0 Å². The summed E-state index contributed by atoms with van der Waals surface area (Å²) in [5, 5.41) is 1.26. The molecule has 0 aliphatic heterocycles. The molecule has 2 aromatic carbocycles. The Labute approximate surface area is 126 Å². The van der Waals surface area contributed by atoms with E-state index in [1.807, 2.05) is 19.1 Å². The van der Waals surface area contributed by atoms with E-state index in [0.717, 1.165) is 16.7 Å². The highest BCUT2D eigenvalue weighted by Gasteiger charge is 2.12. The Bertz CT molecular complexity index is 649. The van der Waals surface area contributed by atoms with Crippen LogP contribution >= 0.6 is 0 Å². The SMILES string of the molecule is CON(C)C(=O)Cc1cc(-c2ccccc2C)ccc1C. The molecule has 3 heteroatoms. The first kappa shape index (κ1) is 15.3. The van der Waals surface area contributed by atoms with Crippen LogP contribution in [0.1, 0.15) is 16.7 Å². The van der Waals surface area contributed by atoms with Gasteiger partial charge in [-0.25, -0.2) is 5.06 Å². The first-order chi connectivity index (χ1) is 10.0. The van der Waals surface area contributed by atoms with Gasteiger partial charge in [-0.15, -0.1) is 0 Å². The number of hydroxylamine groups is 2. The van der Waals surface area contributed by atoms with Gasteiger partial charge in [0.15, 0.2) is 0 Å². The zero-order valence-electron chi connectivity index (χ0n) is 13.0. The van der Waals surface area contributed by atoms with Gasteiger partial charge in [-0.3, -0.25) is 9.63 Å². The van der Waals surface area contributed by atoms with E-state index in [1.165, 1.54) is 23.3 Å². The number of rotatable bonds is 4. The number of carbonyl (C=O) groups is 1. The number of carbonyl (C=O) groups excluding carboxylic acids is 1. The Balaban J connectivity index is 2.34. The lowest BCUT2D eigenvalue weighted by atomic mass is 9.95. The van der Waals surface area contributed by atoms with Crippen molar-refractivity contribution < 1.29 is 9.63 Å². The summed E-state index contributed by atoms with van der Waals surface area (Å²) in [6.07, 6.45) is 0.343. The summed E-state index contributed by atoms with van der Waals surface area (Å²) in [5.74, 6) is -0.0532. The molecule has 110 valence electrons. The van der Waals surface area contributed by atoms with Crippen molar-refractivity contribution in [2.45, 2.75) is 20.3 Å². The molecular weight excluding hydrogens is 262 g/mol. The van der Waals surface area contributed by atoms with Gasteiger partial charge in [-0.2, -0.15) is 0 Å². The average Bonchev–Trinajstić information content (AvgIpc) is 2.49. The second kappa shape index (κ2) is 6.55. The molecule has 1 amide bonds. The fourth-order valence-electron chi connectivity index (χ4n) is 2.30. The van der Waals surface area contributed by atoms with Crippen molar-refractivity contribution in [3.05, 3.63) is 59.2 Å². The van der Waals surface area contributed by atoms with Crippen LogP contribution < -0.4 is 0 Å². The number of amides is 1. The molecule has 0 unspecified atom stereocenters. The predicted octanol–water partition coefficient (Wildman–Crippen LogP) is 3.53. The summed E-state index contributed by atoms with van der Waals surface area (Å²) in [5.41, 5.74) is 5.72. The molecule has 0 atom stereocenters. The lowest BCUT2D eigenvalue weighted by molar-refractivity contribution is -0.167. The van der Waals surface area contributed by atoms with Crippen LogP contribution in [0.3, 0.4) is 0 Å². The van der Waals surface area contributed by atoms with E-state index < -0.39 is 0 Å². The summed E-state index contributed by atoms with van der Waals surface area (Å²) in [4.78, 5) is 17.0. The van der Waals surface area contributed by atoms with Crippen molar-refractivity contribution in [2.75, 3.05) is 14.2 Å². The minimum Gasteiger partial charge on any atom is -0.275 e. The quantitative estimate of drug-likeness (QED) is 0.803. The molecule has 2 aromatic rings. The third-order valence-corrected chi connectivity index (χ3v) is 3.77. The molecule has 0 fully saturated rings. The first-order valence-corrected chi connectivity index (χ1v) is 6.99. The van der Waals surface area contributed by atoms with Gasteiger partial charge in [0.05, 0.1) is 13.5 Å². The molecule has 21 heavy (non-hydrogen) atoms. The Morgan fingerprint density at radius 2 is 1.81 bits per heavy atom. The van der Waals surface area contributed by atoms with Gasteiger partial charge < -0.3 is 0 Å². The summed E-state index contributed by atoms with van der Waals surface area (Å²) in [7, 11) is 3.12. The van der Waals surface area contributed by atoms with E-state index in [1.54, 1.807) is 7.05 Å². The van der Waals surface area contributed by atoms with Crippen molar-refractivity contribution in [3.8, 4) is 11.1 Å². The maximum atomic E-state index is 12.0. The van der Waals surface area contributed by atoms with E-state index in [2.05, 4.69) is 37.3 Å². The summed E-state index contributed by atoms with van der Waals surface area (Å²) >= 11 is 0. The van der Waals surface area contributed by atoms with Crippen molar-refractivity contribution in [2.24, 2.45) is 0 Å². The number of hydrogen-bond donors (Lipinski definition) is 0. The Morgan fingerprint density at radius 3 is 2.48 bits per heavy atom. The molecule has 0 bridgehead atoms. The maximum Gasteiger partial charge on any atom is 0.250 e. The molecule has 3 nitrogen and oxygen atoms in total. The largest absolute Gasteiger partial charge is 0.275 e. The van der Waals surface area contributed by atoms with Gasteiger partial charge in [0, 0.05) is 7.05 Å². The van der Waals surface area contributed by atoms with E-state index in [-0.39, 0.29) is 5.91 Å². The number of nitrogens with zero attached hydrogens (tertiary/aromatic N) is 1. The minimum absolute atomic E-state index is 0.0532. The van der Waals surface area contributed by atoms with Crippen molar-refractivity contribution in [3.63, 3.8) is 0 Å². The topological polar surface area (TPSA) is 29.5 Å². The van der Waals surface area contributed by atoms with E-state index in [4.69, 9.17) is 4.84 Å². The van der Waals surface area contributed by atoms with Crippen LogP contribution in [0, 0.1) is 13.8 Å². The lowest BCUT2D eigenvalue weighted by Gasteiger charge is -2.15. The van der Waals surface area contributed by atoms with Crippen LogP contribution in [0.5, 0.6) is 0 Å². The van der Waals surface area contributed by atoms with Crippen molar-refractivity contribution >= 4 is 5.91 Å². The molecular formula is C18H21NO2. The standard InChI is InChI=1S/C18H21NO2/c1-13-9-10-15(17-8-6-5-7-14(17)2)11-16(13)12-18(20)19(3)21-4/h5-11H,12H2,1-4H3. The molecule has 0 N–H and O–H groups in total. The second-order valence-corrected chi connectivity index (χ2v) is 5.21. The van der Waals surface area contributed by atoms with Crippen LogP contribution in [-0.2, 0) is 16.1 Å². The van der Waals surface area contributed by atoms with Crippen molar-refractivity contribution in [1.82, 2.24) is 5.06 Å². The fourth-order valence-corrected chi connectivity index (χ4v) is 2.30. The lowest BCUT2D eigenvalue weighted by Crippen LogP contribution is -2.27. The zero-order chi connectivity index (χ0) is 15.4. The predicted molar refractivity (Wildman–Crippen MR) is 84.8 cm³/mol. The van der Waals surface area contributed by atoms with Gasteiger partial charge >= 0.3 is 0 Å². The molecule has 0 radical (unpaired) electrons. The molecule has 0 aliphatic rings. The first-order valence-electron chi connectivity index (χ1n) is 6.99. The van der Waals surface area contributed by atoms with Crippen LogP contribution in [0.15, 0.2) is 42.5 Å². The van der Waals surface area contributed by atoms with Gasteiger partial charge in [-0.1, -0.05) is 42.5 Å². The summed E-state index contributed by atoms with van der Waals surface area (Å²) < 4.78 is 0. The molecule has 2 rings (SSSR count). The second-order valence-electron chi connectivity index (χ2n) is 5.21. The molecule has 0 saturated carbocycles. The molecule has 0 spiro atoms. The van der Waals surface area contributed by atoms with Crippen LogP contribution in [0.2, 0.25) is 0 Å². The Kier molecular flexibility index (Phi) is 4.76. The summed E-state index contributed by atoms with van der Waals surface area (Å²) in [6, 6.07) is 14.5. The van der Waals surface area contributed by atoms with Gasteiger partial charge in [-0.05, 0) is 41.7 Å². The Hall–Kier alpha value is -2.13. The summed E-state index contributed by atoms with van der Waals surface area (Å²) in [6.45, 7) is 4.12. The number of likely N-dealkylation sites (N-methyl/N-ethyl adjacent to an activating group) is 1. The highest BCUT2D eigenvalue weighted by molar-refractivity contribution is 5.79.